The largest absolute Gasteiger partial charge is 0.465 e. The first kappa shape index (κ1) is 26.3. The molecule has 6 rings (SSSR count). The Labute approximate surface area is 237 Å². The van der Waals surface area contributed by atoms with E-state index in [0.717, 1.165) is 0 Å². The zero-order chi connectivity index (χ0) is 28.7. The predicted molar refractivity (Wildman–Crippen MR) is 148 cm³/mol. The molecule has 0 aliphatic carbocycles. The summed E-state index contributed by atoms with van der Waals surface area (Å²) in [5, 5.41) is 0. The van der Waals surface area contributed by atoms with Gasteiger partial charge in [0.1, 0.15) is 11.5 Å². The van der Waals surface area contributed by atoms with Gasteiger partial charge in [-0.2, -0.15) is 0 Å². The number of aromatic nitrogens is 1. The van der Waals surface area contributed by atoms with E-state index in [1.807, 2.05) is 0 Å². The van der Waals surface area contributed by atoms with Crippen molar-refractivity contribution >= 4 is 29.4 Å². The Morgan fingerprint density at radius 2 is 1.90 bits per heavy atom. The van der Waals surface area contributed by atoms with Crippen molar-refractivity contribution in [2.24, 2.45) is 4.99 Å². The Morgan fingerprint density at radius 1 is 1.10 bits per heavy atom. The van der Waals surface area contributed by atoms with E-state index in [1.54, 1.807) is 74.5 Å². The van der Waals surface area contributed by atoms with Crippen LogP contribution in [-0.2, 0) is 14.3 Å². The second kappa shape index (κ2) is 10.6. The number of ether oxygens (including phenoxy) is 4. The van der Waals surface area contributed by atoms with Crippen LogP contribution in [0.2, 0.25) is 0 Å². The first-order chi connectivity index (χ1) is 19.9. The van der Waals surface area contributed by atoms with Gasteiger partial charge in [0.05, 0.1) is 41.1 Å². The van der Waals surface area contributed by atoms with E-state index in [1.165, 1.54) is 23.0 Å². The third-order valence-corrected chi connectivity index (χ3v) is 7.71. The quantitative estimate of drug-likeness (QED) is 0.322. The van der Waals surface area contributed by atoms with Crippen LogP contribution in [0.4, 0.5) is 0 Å². The van der Waals surface area contributed by atoms with Gasteiger partial charge in [0.2, 0.25) is 6.79 Å². The number of allylic oxidation sites excluding steroid dienone is 1. The molecule has 0 spiro atoms. The van der Waals surface area contributed by atoms with Gasteiger partial charge in [-0.05, 0) is 49.7 Å². The number of esters is 2. The number of thiazole rings is 1. The molecule has 2 aromatic heterocycles. The minimum absolute atomic E-state index is 0.0936. The molecule has 208 valence electrons. The van der Waals surface area contributed by atoms with E-state index in [0.29, 0.717) is 54.7 Å². The number of nitrogens with zero attached hydrogens (tertiary/aromatic N) is 2. The number of rotatable bonds is 6. The van der Waals surface area contributed by atoms with Crippen LogP contribution in [0, 0.1) is 0 Å². The molecule has 41 heavy (non-hydrogen) atoms. The molecule has 2 aromatic carbocycles. The maximum absolute atomic E-state index is 13.9. The number of carbonyl (C=O) groups is 2. The molecule has 10 nitrogen and oxygen atoms in total. The fourth-order valence-electron chi connectivity index (χ4n) is 4.88. The molecule has 11 heteroatoms. The van der Waals surface area contributed by atoms with Crippen LogP contribution in [0.3, 0.4) is 0 Å². The van der Waals surface area contributed by atoms with E-state index < -0.39 is 18.0 Å². The molecule has 0 fully saturated rings. The number of hydrogen-bond acceptors (Lipinski definition) is 10. The summed E-state index contributed by atoms with van der Waals surface area (Å²) < 4.78 is 29.1. The van der Waals surface area contributed by atoms with Gasteiger partial charge < -0.3 is 23.4 Å². The van der Waals surface area contributed by atoms with Crippen molar-refractivity contribution in [3.05, 3.63) is 102 Å². The average Bonchev–Trinajstić information content (AvgIpc) is 3.71. The minimum atomic E-state index is -0.791. The first-order valence-electron chi connectivity index (χ1n) is 12.8. The molecule has 0 radical (unpaired) electrons. The standard InChI is InChI=1S/C30H24N2O8S/c1-4-37-29(35)25-16(2)31-30-32(26(25)17-9-11-22-23(13-17)39-15-38-22)27(33)24(41-30)14-18-10-12-21(40-18)19-7-5-6-8-20(19)28(34)36-3/h5-14,26H,4,15H2,1-3H3/b24-14+/t26-/m0/s1. The lowest BCUT2D eigenvalue weighted by molar-refractivity contribution is -0.139. The molecule has 0 N–H and O–H groups in total. The highest BCUT2D eigenvalue weighted by atomic mass is 32.1. The maximum atomic E-state index is 13.9. The molecule has 0 saturated carbocycles. The van der Waals surface area contributed by atoms with Crippen LogP contribution in [0.1, 0.15) is 41.6 Å². The predicted octanol–water partition coefficient (Wildman–Crippen LogP) is 3.57. The van der Waals surface area contributed by atoms with Crippen molar-refractivity contribution in [3.8, 4) is 22.8 Å². The fourth-order valence-corrected chi connectivity index (χ4v) is 5.91. The summed E-state index contributed by atoms with van der Waals surface area (Å²) in [5.74, 6) is 0.933. The van der Waals surface area contributed by atoms with Crippen LogP contribution in [-0.4, -0.2) is 37.0 Å². The number of benzene rings is 2. The molecular formula is C30H24N2O8S. The van der Waals surface area contributed by atoms with Crippen molar-refractivity contribution in [2.45, 2.75) is 19.9 Å². The molecule has 2 aliphatic rings. The molecule has 4 heterocycles. The Balaban J connectivity index is 1.46. The lowest BCUT2D eigenvalue weighted by Crippen LogP contribution is -2.39. The molecule has 0 bridgehead atoms. The molecule has 0 saturated heterocycles. The molecule has 1 atom stereocenters. The monoisotopic (exact) mass is 572 g/mol. The van der Waals surface area contributed by atoms with Crippen LogP contribution >= 0.6 is 11.3 Å². The van der Waals surface area contributed by atoms with Crippen molar-refractivity contribution < 1.29 is 33.0 Å². The SMILES string of the molecule is CCOC(=O)C1=C(C)N=c2s/c(=C/c3ccc(-c4ccccc4C(=O)OC)o3)c(=O)n2[C@H]1c1ccc2c(c1)OCO2. The highest BCUT2D eigenvalue weighted by Crippen LogP contribution is 2.38. The highest BCUT2D eigenvalue weighted by molar-refractivity contribution is 7.07. The van der Waals surface area contributed by atoms with E-state index in [9.17, 15) is 14.4 Å². The molecule has 0 amide bonds. The van der Waals surface area contributed by atoms with Gasteiger partial charge in [-0.15, -0.1) is 0 Å². The minimum Gasteiger partial charge on any atom is -0.465 e. The summed E-state index contributed by atoms with van der Waals surface area (Å²) in [6.45, 7) is 3.71. The van der Waals surface area contributed by atoms with Crippen LogP contribution in [0.15, 0.2) is 80.1 Å². The Hall–Kier alpha value is -4.90. The maximum Gasteiger partial charge on any atom is 0.338 e. The zero-order valence-corrected chi connectivity index (χ0v) is 23.2. The average molecular weight is 573 g/mol. The fraction of sp³-hybridized carbons (Fsp3) is 0.200. The van der Waals surface area contributed by atoms with Gasteiger partial charge in [-0.1, -0.05) is 35.6 Å². The van der Waals surface area contributed by atoms with Gasteiger partial charge in [-0.25, -0.2) is 14.6 Å². The number of hydrogen-bond donors (Lipinski definition) is 0. The summed E-state index contributed by atoms with van der Waals surface area (Å²) in [4.78, 5) is 44.3. The number of methoxy groups -OCH3 is 1. The second-order valence-electron chi connectivity index (χ2n) is 9.15. The number of carbonyl (C=O) groups excluding carboxylic acids is 2. The lowest BCUT2D eigenvalue weighted by atomic mass is 9.95. The van der Waals surface area contributed by atoms with Gasteiger partial charge >= 0.3 is 11.9 Å². The van der Waals surface area contributed by atoms with Crippen LogP contribution in [0.25, 0.3) is 17.4 Å². The summed E-state index contributed by atoms with van der Waals surface area (Å²) >= 11 is 1.18. The first-order valence-corrected chi connectivity index (χ1v) is 13.6. The number of furan rings is 1. The van der Waals surface area contributed by atoms with Gasteiger partial charge in [0.25, 0.3) is 5.56 Å². The van der Waals surface area contributed by atoms with Crippen LogP contribution in [0.5, 0.6) is 11.5 Å². The van der Waals surface area contributed by atoms with Crippen molar-refractivity contribution in [2.75, 3.05) is 20.5 Å². The lowest BCUT2D eigenvalue weighted by Gasteiger charge is -2.24. The third kappa shape index (κ3) is 4.63. The van der Waals surface area contributed by atoms with E-state index in [4.69, 9.17) is 23.4 Å². The molecule has 0 unspecified atom stereocenters. The van der Waals surface area contributed by atoms with E-state index >= 15 is 0 Å². The summed E-state index contributed by atoms with van der Waals surface area (Å²) in [7, 11) is 1.32. The van der Waals surface area contributed by atoms with Crippen molar-refractivity contribution in [3.63, 3.8) is 0 Å². The third-order valence-electron chi connectivity index (χ3n) is 6.73. The highest BCUT2D eigenvalue weighted by Gasteiger charge is 2.34. The Kier molecular flexibility index (Phi) is 6.80. The summed E-state index contributed by atoms with van der Waals surface area (Å²) in [6, 6.07) is 14.9. The van der Waals surface area contributed by atoms with Crippen molar-refractivity contribution in [1.29, 1.82) is 0 Å². The molecule has 2 aliphatic heterocycles. The summed E-state index contributed by atoms with van der Waals surface area (Å²) in [5.41, 5.74) is 1.96. The van der Waals surface area contributed by atoms with E-state index in [2.05, 4.69) is 4.99 Å². The Bertz CT molecular complexity index is 1910. The smallest absolute Gasteiger partial charge is 0.338 e. The zero-order valence-electron chi connectivity index (χ0n) is 22.3. The molecular weight excluding hydrogens is 548 g/mol. The second-order valence-corrected chi connectivity index (χ2v) is 10.2. The van der Waals surface area contributed by atoms with Crippen LogP contribution < -0.4 is 24.4 Å². The van der Waals surface area contributed by atoms with Gasteiger partial charge in [0, 0.05) is 11.6 Å². The van der Waals surface area contributed by atoms with Crippen molar-refractivity contribution in [1.82, 2.24) is 4.57 Å². The van der Waals surface area contributed by atoms with Gasteiger partial charge in [-0.3, -0.25) is 9.36 Å². The normalized spacial score (nSPS) is 15.9. The Morgan fingerprint density at radius 3 is 2.71 bits per heavy atom. The number of fused-ring (bicyclic) bond motifs is 2. The summed E-state index contributed by atoms with van der Waals surface area (Å²) in [6.07, 6.45) is 1.62. The topological polar surface area (TPSA) is 119 Å². The van der Waals surface area contributed by atoms with E-state index in [-0.39, 0.29) is 24.5 Å². The van der Waals surface area contributed by atoms with Gasteiger partial charge in [0.15, 0.2) is 16.3 Å². The molecule has 4 aromatic rings.